The number of hydrogen-bond donors (Lipinski definition) is 0. The number of amides is 1. The van der Waals surface area contributed by atoms with Crippen molar-refractivity contribution in [3.63, 3.8) is 0 Å². The van der Waals surface area contributed by atoms with E-state index in [1.807, 2.05) is 44.2 Å². The zero-order valence-corrected chi connectivity index (χ0v) is 24.3. The van der Waals surface area contributed by atoms with Crippen LogP contribution in [0, 0.1) is 0 Å². The van der Waals surface area contributed by atoms with Gasteiger partial charge in [-0.05, 0) is 79.4 Å². The molecule has 0 aliphatic carbocycles. The molecule has 0 spiro atoms. The van der Waals surface area contributed by atoms with E-state index in [9.17, 15) is 27.6 Å². The molecule has 4 rings (SSSR count). The van der Waals surface area contributed by atoms with Crippen molar-refractivity contribution in [2.24, 2.45) is 0 Å². The van der Waals surface area contributed by atoms with Gasteiger partial charge in [0.05, 0.1) is 29.2 Å². The van der Waals surface area contributed by atoms with Crippen molar-refractivity contribution < 1.29 is 37.0 Å². The number of benzene rings is 4. The summed E-state index contributed by atoms with van der Waals surface area (Å²) in [5.74, 6) is -1.60. The van der Waals surface area contributed by atoms with Crippen LogP contribution < -0.4 is 4.74 Å². The summed E-state index contributed by atoms with van der Waals surface area (Å²) in [5, 5.41) is 0. The van der Waals surface area contributed by atoms with Crippen LogP contribution in [0.3, 0.4) is 0 Å². The molecule has 1 unspecified atom stereocenters. The van der Waals surface area contributed by atoms with E-state index in [0.717, 1.165) is 17.7 Å². The van der Waals surface area contributed by atoms with E-state index in [-0.39, 0.29) is 29.4 Å². The van der Waals surface area contributed by atoms with E-state index in [2.05, 4.69) is 0 Å². The van der Waals surface area contributed by atoms with Gasteiger partial charge in [-0.25, -0.2) is 9.59 Å². The van der Waals surface area contributed by atoms with Crippen LogP contribution in [0.4, 0.5) is 13.2 Å². The Morgan fingerprint density at radius 3 is 1.98 bits per heavy atom. The molecule has 0 N–H and O–H groups in total. The summed E-state index contributed by atoms with van der Waals surface area (Å²) in [6.07, 6.45) is -4.15. The number of carbonyl (C=O) groups excluding carboxylic acids is 3. The van der Waals surface area contributed by atoms with Crippen LogP contribution in [0.25, 0.3) is 11.1 Å². The van der Waals surface area contributed by atoms with Crippen LogP contribution >= 0.6 is 0 Å². The fourth-order valence-corrected chi connectivity index (χ4v) is 4.80. The summed E-state index contributed by atoms with van der Waals surface area (Å²) in [4.78, 5) is 40.6. The molecular weight excluding hydrogens is 571 g/mol. The van der Waals surface area contributed by atoms with Gasteiger partial charge in [-0.3, -0.25) is 4.79 Å². The lowest BCUT2D eigenvalue weighted by molar-refractivity contribution is -0.137. The van der Waals surface area contributed by atoms with Gasteiger partial charge in [0.2, 0.25) is 5.91 Å². The van der Waals surface area contributed by atoms with Gasteiger partial charge in [-0.1, -0.05) is 60.7 Å². The predicted octanol–water partition coefficient (Wildman–Crippen LogP) is 7.79. The van der Waals surface area contributed by atoms with Crippen LogP contribution in [0.1, 0.15) is 58.0 Å². The highest BCUT2D eigenvalue weighted by molar-refractivity contribution is 5.98. The quantitative estimate of drug-likeness (QED) is 0.129. The number of esters is 2. The van der Waals surface area contributed by atoms with Gasteiger partial charge >= 0.3 is 18.1 Å². The zero-order chi connectivity index (χ0) is 31.7. The fraction of sp³-hybridized carbons (Fsp3) is 0.229. The molecule has 1 atom stereocenters. The number of carbonyl (C=O) groups is 3. The topological polar surface area (TPSA) is 72.9 Å². The summed E-state index contributed by atoms with van der Waals surface area (Å²) in [6, 6.07) is 26.2. The molecule has 0 saturated heterocycles. The van der Waals surface area contributed by atoms with E-state index in [1.54, 1.807) is 23.1 Å². The van der Waals surface area contributed by atoms with E-state index in [0.29, 0.717) is 30.6 Å². The average molecular weight is 604 g/mol. The van der Waals surface area contributed by atoms with E-state index in [1.165, 1.54) is 42.5 Å². The van der Waals surface area contributed by atoms with E-state index < -0.39 is 29.6 Å². The average Bonchev–Trinajstić information content (AvgIpc) is 3.04. The second-order valence-corrected chi connectivity index (χ2v) is 9.93. The first-order valence-corrected chi connectivity index (χ1v) is 14.2. The molecule has 0 fully saturated rings. The van der Waals surface area contributed by atoms with Gasteiger partial charge in [-0.15, -0.1) is 0 Å². The number of nitrogens with zero attached hydrogens (tertiary/aromatic N) is 1. The molecule has 0 radical (unpaired) electrons. The number of alkyl halides is 3. The van der Waals surface area contributed by atoms with Crippen LogP contribution in [-0.4, -0.2) is 42.4 Å². The predicted molar refractivity (Wildman–Crippen MR) is 160 cm³/mol. The molecule has 9 heteroatoms. The number of ether oxygens (including phenoxy) is 2. The molecule has 228 valence electrons. The van der Waals surface area contributed by atoms with Gasteiger partial charge in [0.1, 0.15) is 5.75 Å². The third-order valence-corrected chi connectivity index (χ3v) is 7.19. The van der Waals surface area contributed by atoms with Crippen LogP contribution in [-0.2, 0) is 15.7 Å². The van der Waals surface area contributed by atoms with Crippen molar-refractivity contribution in [1.82, 2.24) is 4.90 Å². The van der Waals surface area contributed by atoms with Crippen molar-refractivity contribution in [2.75, 3.05) is 19.7 Å². The van der Waals surface area contributed by atoms with E-state index >= 15 is 0 Å². The molecular formula is C35H32F3NO5. The normalized spacial score (nSPS) is 11.8. The molecule has 44 heavy (non-hydrogen) atoms. The van der Waals surface area contributed by atoms with Crippen molar-refractivity contribution >= 4 is 17.8 Å². The Hall–Kier alpha value is -4.92. The highest BCUT2D eigenvalue weighted by Gasteiger charge is 2.30. The second kappa shape index (κ2) is 14.5. The van der Waals surface area contributed by atoms with Gasteiger partial charge in [0.25, 0.3) is 0 Å². The Bertz CT molecular complexity index is 1560. The smallest absolute Gasteiger partial charge is 0.416 e. The number of likely N-dealkylation sites (N-methyl/N-ethyl adjacent to an activating group) is 1. The number of halogens is 3. The number of hydrogen-bond acceptors (Lipinski definition) is 5. The molecule has 0 aliphatic heterocycles. The SMILES string of the molecule is CCN(CC)C(=O)C(CCOC(=O)c1ccc(OC(=O)c2ccccc2-c2ccc(C(F)(F)F)cc2)cc1)c1ccccc1. The van der Waals surface area contributed by atoms with Crippen LogP contribution in [0.5, 0.6) is 5.75 Å². The maximum Gasteiger partial charge on any atom is 0.416 e. The van der Waals surface area contributed by atoms with Crippen molar-refractivity contribution in [2.45, 2.75) is 32.4 Å². The standard InChI is InChI=1S/C35H32F3NO5/c1-3-39(4-2)32(40)30(24-10-6-5-7-11-24)22-23-43-33(41)26-16-20-28(21-17-26)44-34(42)31-13-9-8-12-29(31)25-14-18-27(19-15-25)35(36,37)38/h5-21,30H,3-4,22-23H2,1-2H3. The first kappa shape index (κ1) is 32.0. The van der Waals surface area contributed by atoms with Gasteiger partial charge in [0, 0.05) is 13.1 Å². The molecule has 6 nitrogen and oxygen atoms in total. The molecule has 0 heterocycles. The lowest BCUT2D eigenvalue weighted by atomic mass is 9.94. The highest BCUT2D eigenvalue weighted by atomic mass is 19.4. The zero-order valence-electron chi connectivity index (χ0n) is 24.3. The van der Waals surface area contributed by atoms with Crippen LogP contribution in [0.2, 0.25) is 0 Å². The monoisotopic (exact) mass is 603 g/mol. The molecule has 4 aromatic carbocycles. The van der Waals surface area contributed by atoms with Crippen molar-refractivity contribution in [1.29, 1.82) is 0 Å². The number of rotatable bonds is 11. The molecule has 0 aliphatic rings. The summed E-state index contributed by atoms with van der Waals surface area (Å²) in [6.45, 7) is 5.03. The third-order valence-electron chi connectivity index (χ3n) is 7.19. The molecule has 1 amide bonds. The first-order chi connectivity index (χ1) is 21.1. The first-order valence-electron chi connectivity index (χ1n) is 14.2. The minimum absolute atomic E-state index is 0.0247. The van der Waals surface area contributed by atoms with Gasteiger partial charge in [0.15, 0.2) is 0 Å². The lowest BCUT2D eigenvalue weighted by Gasteiger charge is -2.25. The Kier molecular flexibility index (Phi) is 10.6. The van der Waals surface area contributed by atoms with E-state index in [4.69, 9.17) is 9.47 Å². The lowest BCUT2D eigenvalue weighted by Crippen LogP contribution is -2.35. The van der Waals surface area contributed by atoms with Gasteiger partial charge < -0.3 is 14.4 Å². The second-order valence-electron chi connectivity index (χ2n) is 9.93. The molecule has 0 saturated carbocycles. The van der Waals surface area contributed by atoms with Crippen molar-refractivity contribution in [3.8, 4) is 16.9 Å². The molecule has 0 bridgehead atoms. The van der Waals surface area contributed by atoms with Gasteiger partial charge in [-0.2, -0.15) is 13.2 Å². The molecule has 0 aromatic heterocycles. The Morgan fingerprint density at radius 2 is 1.36 bits per heavy atom. The highest BCUT2D eigenvalue weighted by Crippen LogP contribution is 2.32. The molecule has 4 aromatic rings. The summed E-state index contributed by atoms with van der Waals surface area (Å²) in [7, 11) is 0. The third kappa shape index (κ3) is 7.92. The fourth-order valence-electron chi connectivity index (χ4n) is 4.80. The Balaban J connectivity index is 1.38. The largest absolute Gasteiger partial charge is 0.462 e. The van der Waals surface area contributed by atoms with Crippen LogP contribution in [0.15, 0.2) is 103 Å². The van der Waals surface area contributed by atoms with Crippen molar-refractivity contribution in [3.05, 3.63) is 125 Å². The minimum atomic E-state index is -4.47. The maximum atomic E-state index is 13.1. The summed E-state index contributed by atoms with van der Waals surface area (Å²) < 4.78 is 49.9. The summed E-state index contributed by atoms with van der Waals surface area (Å²) >= 11 is 0. The minimum Gasteiger partial charge on any atom is -0.462 e. The Morgan fingerprint density at radius 1 is 0.750 bits per heavy atom. The Labute approximate surface area is 254 Å². The summed E-state index contributed by atoms with van der Waals surface area (Å²) in [5.41, 5.74) is 1.32. The maximum absolute atomic E-state index is 13.1.